The van der Waals surface area contributed by atoms with Gasteiger partial charge in [-0.1, -0.05) is 126 Å². The first-order valence-corrected chi connectivity index (χ1v) is 16.7. The first-order chi connectivity index (χ1) is 24.1. The first-order valence-electron chi connectivity index (χ1n) is 16.7. The average molecular weight is 668 g/mol. The standard InChI is InChI=1S/C39H45N3O7/c40-42-41-33(34(44)23-43)21-22-35-37(46-25-30-15-7-2-8-16-30)39(48-27-32-19-11-4-12-20-32)38(47-26-31-17-9-3-10-18-31)36(49-35)28-45-24-29-13-5-1-6-14-29/h1-20,33-39,43-44H,21-28H2/t33-,34+,35+,36?,37?,38-,39-/m0/s1. The highest BCUT2D eigenvalue weighted by molar-refractivity contribution is 5.16. The number of rotatable bonds is 19. The lowest BCUT2D eigenvalue weighted by atomic mass is 9.90. The summed E-state index contributed by atoms with van der Waals surface area (Å²) in [5.74, 6) is 0. The molecule has 2 N–H and O–H groups in total. The maximum Gasteiger partial charge on any atom is 0.115 e. The van der Waals surface area contributed by atoms with Crippen LogP contribution >= 0.6 is 0 Å². The van der Waals surface area contributed by atoms with Crippen molar-refractivity contribution in [3.8, 4) is 0 Å². The highest BCUT2D eigenvalue weighted by Gasteiger charge is 2.48. The Bertz CT molecular complexity index is 1530. The molecule has 0 bridgehead atoms. The van der Waals surface area contributed by atoms with Gasteiger partial charge < -0.3 is 33.9 Å². The molecular formula is C39H45N3O7. The highest BCUT2D eigenvalue weighted by atomic mass is 16.6. The van der Waals surface area contributed by atoms with Gasteiger partial charge in [-0.3, -0.25) is 0 Å². The second kappa shape index (κ2) is 19.8. The van der Waals surface area contributed by atoms with E-state index in [-0.39, 0.29) is 13.0 Å². The minimum absolute atomic E-state index is 0.223. The van der Waals surface area contributed by atoms with Crippen LogP contribution in [0.25, 0.3) is 10.4 Å². The molecular weight excluding hydrogens is 622 g/mol. The molecule has 5 rings (SSSR count). The molecule has 10 heteroatoms. The van der Waals surface area contributed by atoms with Crippen molar-refractivity contribution >= 4 is 0 Å². The SMILES string of the molecule is [N-]=[N+]=N[C@@H](CC[C@H]1OC(COCc2ccccc2)[C@H](OCc2ccccc2)[C@@H](OCc2ccccc2)C1OCc1ccccc1)[C@H](O)CO. The zero-order valence-electron chi connectivity index (χ0n) is 27.5. The largest absolute Gasteiger partial charge is 0.394 e. The molecule has 0 aromatic heterocycles. The van der Waals surface area contributed by atoms with Crippen LogP contribution in [0.4, 0.5) is 0 Å². The molecule has 10 nitrogen and oxygen atoms in total. The van der Waals surface area contributed by atoms with Crippen molar-refractivity contribution in [1.82, 2.24) is 0 Å². The second-order valence-electron chi connectivity index (χ2n) is 12.1. The number of ether oxygens (including phenoxy) is 5. The number of azide groups is 1. The summed E-state index contributed by atoms with van der Waals surface area (Å²) in [4.78, 5) is 2.91. The first kappa shape index (κ1) is 36.2. The number of aliphatic hydroxyl groups is 2. The van der Waals surface area contributed by atoms with Gasteiger partial charge in [0, 0.05) is 4.91 Å². The van der Waals surface area contributed by atoms with Gasteiger partial charge in [0.05, 0.1) is 57.9 Å². The van der Waals surface area contributed by atoms with Gasteiger partial charge in [-0.15, -0.1) is 0 Å². The fraction of sp³-hybridized carbons (Fsp3) is 0.385. The number of benzene rings is 4. The Kier molecular flexibility index (Phi) is 14.6. The summed E-state index contributed by atoms with van der Waals surface area (Å²) in [5.41, 5.74) is 13.2. The molecule has 1 aliphatic rings. The Hall–Kier alpha value is -4.09. The summed E-state index contributed by atoms with van der Waals surface area (Å²) in [6.45, 7) is 1.03. The lowest BCUT2D eigenvalue weighted by molar-refractivity contribution is -0.273. The van der Waals surface area contributed by atoms with E-state index in [1.54, 1.807) is 0 Å². The molecule has 258 valence electrons. The van der Waals surface area contributed by atoms with Crippen LogP contribution in [0.5, 0.6) is 0 Å². The lowest BCUT2D eigenvalue weighted by Crippen LogP contribution is -2.61. The number of hydrogen-bond acceptors (Lipinski definition) is 8. The zero-order valence-corrected chi connectivity index (χ0v) is 27.5. The molecule has 1 heterocycles. The van der Waals surface area contributed by atoms with E-state index in [1.165, 1.54) is 0 Å². The molecule has 0 radical (unpaired) electrons. The Labute approximate surface area is 287 Å². The highest BCUT2D eigenvalue weighted by Crippen LogP contribution is 2.33. The van der Waals surface area contributed by atoms with Crippen LogP contribution in [0, 0.1) is 0 Å². The van der Waals surface area contributed by atoms with Gasteiger partial charge in [0.2, 0.25) is 0 Å². The molecule has 0 spiro atoms. The number of hydrogen-bond donors (Lipinski definition) is 2. The van der Waals surface area contributed by atoms with Crippen LogP contribution in [0.2, 0.25) is 0 Å². The van der Waals surface area contributed by atoms with E-state index >= 15 is 0 Å². The van der Waals surface area contributed by atoms with Crippen LogP contribution in [0.1, 0.15) is 35.1 Å². The third-order valence-corrected chi connectivity index (χ3v) is 8.56. The molecule has 0 amide bonds. The second-order valence-corrected chi connectivity index (χ2v) is 12.1. The quantitative estimate of drug-likeness (QED) is 0.0659. The van der Waals surface area contributed by atoms with Crippen LogP contribution in [0.15, 0.2) is 126 Å². The topological polar surface area (TPSA) is 135 Å². The Morgan fingerprint density at radius 3 is 1.51 bits per heavy atom. The smallest absolute Gasteiger partial charge is 0.115 e. The zero-order chi connectivity index (χ0) is 34.1. The van der Waals surface area contributed by atoms with Crippen molar-refractivity contribution < 1.29 is 33.9 Å². The van der Waals surface area contributed by atoms with E-state index in [1.807, 2.05) is 121 Å². The average Bonchev–Trinajstić information content (AvgIpc) is 3.16. The molecule has 1 saturated heterocycles. The fourth-order valence-corrected chi connectivity index (χ4v) is 5.97. The van der Waals surface area contributed by atoms with Crippen LogP contribution in [-0.4, -0.2) is 66.1 Å². The summed E-state index contributed by atoms with van der Waals surface area (Å²) < 4.78 is 33.2. The predicted octanol–water partition coefficient (Wildman–Crippen LogP) is 6.54. The summed E-state index contributed by atoms with van der Waals surface area (Å²) >= 11 is 0. The van der Waals surface area contributed by atoms with Crippen LogP contribution < -0.4 is 0 Å². The van der Waals surface area contributed by atoms with Crippen molar-refractivity contribution in [2.75, 3.05) is 13.2 Å². The van der Waals surface area contributed by atoms with E-state index < -0.39 is 49.3 Å². The summed E-state index contributed by atoms with van der Waals surface area (Å²) in [6, 6.07) is 38.8. The van der Waals surface area contributed by atoms with Crippen molar-refractivity contribution in [1.29, 1.82) is 0 Å². The van der Waals surface area contributed by atoms with Gasteiger partial charge in [0.25, 0.3) is 0 Å². The monoisotopic (exact) mass is 667 g/mol. The normalized spacial score (nSPS) is 21.8. The summed E-state index contributed by atoms with van der Waals surface area (Å²) in [5, 5.41) is 23.8. The van der Waals surface area contributed by atoms with Crippen LogP contribution in [-0.2, 0) is 50.1 Å². The molecule has 1 fully saturated rings. The molecule has 49 heavy (non-hydrogen) atoms. The van der Waals surface area contributed by atoms with Gasteiger partial charge >= 0.3 is 0 Å². The van der Waals surface area contributed by atoms with Gasteiger partial charge in [-0.05, 0) is 40.6 Å². The minimum atomic E-state index is -1.21. The Morgan fingerprint density at radius 1 is 0.633 bits per heavy atom. The maximum atomic E-state index is 10.4. The number of aliphatic hydroxyl groups excluding tert-OH is 2. The minimum Gasteiger partial charge on any atom is -0.394 e. The van der Waals surface area contributed by atoms with Crippen molar-refractivity contribution in [3.05, 3.63) is 154 Å². The van der Waals surface area contributed by atoms with Crippen LogP contribution in [0.3, 0.4) is 0 Å². The summed E-state index contributed by atoms with van der Waals surface area (Å²) in [6.07, 6.45) is -3.46. The van der Waals surface area contributed by atoms with E-state index in [0.717, 1.165) is 22.3 Å². The molecule has 0 aliphatic carbocycles. The Balaban J connectivity index is 1.46. The molecule has 4 aromatic rings. The fourth-order valence-electron chi connectivity index (χ4n) is 5.97. The van der Waals surface area contributed by atoms with Gasteiger partial charge in [-0.25, -0.2) is 0 Å². The van der Waals surface area contributed by atoms with Crippen molar-refractivity contribution in [3.63, 3.8) is 0 Å². The molecule has 0 saturated carbocycles. The molecule has 4 aromatic carbocycles. The molecule has 7 atom stereocenters. The van der Waals surface area contributed by atoms with E-state index in [9.17, 15) is 15.7 Å². The van der Waals surface area contributed by atoms with Gasteiger partial charge in [-0.2, -0.15) is 0 Å². The molecule has 2 unspecified atom stereocenters. The third-order valence-electron chi connectivity index (χ3n) is 8.56. The van der Waals surface area contributed by atoms with Crippen molar-refractivity contribution in [2.24, 2.45) is 5.11 Å². The van der Waals surface area contributed by atoms with E-state index in [0.29, 0.717) is 32.8 Å². The molecule has 1 aliphatic heterocycles. The van der Waals surface area contributed by atoms with E-state index in [4.69, 9.17) is 23.7 Å². The number of nitrogens with zero attached hydrogens (tertiary/aromatic N) is 3. The van der Waals surface area contributed by atoms with E-state index in [2.05, 4.69) is 10.0 Å². The maximum absolute atomic E-state index is 10.4. The van der Waals surface area contributed by atoms with Crippen molar-refractivity contribution in [2.45, 2.75) is 81.9 Å². The Morgan fingerprint density at radius 2 is 1.06 bits per heavy atom. The van der Waals surface area contributed by atoms with Gasteiger partial charge in [0.1, 0.15) is 24.4 Å². The lowest BCUT2D eigenvalue weighted by Gasteiger charge is -2.46. The van der Waals surface area contributed by atoms with Gasteiger partial charge in [0.15, 0.2) is 0 Å². The predicted molar refractivity (Wildman–Crippen MR) is 185 cm³/mol. The summed E-state index contributed by atoms with van der Waals surface area (Å²) in [7, 11) is 0. The third kappa shape index (κ3) is 11.2.